The van der Waals surface area contributed by atoms with Crippen molar-refractivity contribution in [3.8, 4) is 11.9 Å². The number of aromatic nitrogens is 3. The van der Waals surface area contributed by atoms with Crippen LogP contribution in [0.15, 0.2) is 54.7 Å². The first-order chi connectivity index (χ1) is 12.6. The molecular formula is C18H16FN5O2. The van der Waals surface area contributed by atoms with E-state index >= 15 is 0 Å². The Bertz CT molecular complexity index is 977. The molecule has 0 fully saturated rings. The second-order valence-electron chi connectivity index (χ2n) is 5.43. The molecule has 0 aliphatic heterocycles. The Kier molecular flexibility index (Phi) is 5.02. The van der Waals surface area contributed by atoms with Crippen molar-refractivity contribution in [2.24, 2.45) is 0 Å². The number of allylic oxidation sites excluding steroid dienone is 1. The van der Waals surface area contributed by atoms with Crippen LogP contribution < -0.4 is 10.1 Å². The highest BCUT2D eigenvalue weighted by Gasteiger charge is 2.11. The van der Waals surface area contributed by atoms with Crippen LogP contribution in [0.5, 0.6) is 11.9 Å². The van der Waals surface area contributed by atoms with Crippen molar-refractivity contribution in [3.63, 3.8) is 0 Å². The summed E-state index contributed by atoms with van der Waals surface area (Å²) in [6.07, 6.45) is 5.35. The average Bonchev–Trinajstić information content (AvgIpc) is 2.65. The minimum absolute atomic E-state index is 0.0934. The molecule has 7 nitrogen and oxygen atoms in total. The number of halogens is 1. The van der Waals surface area contributed by atoms with Gasteiger partial charge in [0.1, 0.15) is 5.82 Å². The monoisotopic (exact) mass is 353 g/mol. The van der Waals surface area contributed by atoms with Crippen LogP contribution in [-0.2, 0) is 0 Å². The number of ether oxygens (including phenoxy) is 1. The third-order valence-electron chi connectivity index (χ3n) is 3.66. The highest BCUT2D eigenvalue weighted by atomic mass is 19.1. The van der Waals surface area contributed by atoms with Gasteiger partial charge in [0.05, 0.1) is 29.4 Å². The van der Waals surface area contributed by atoms with Crippen molar-refractivity contribution in [1.29, 1.82) is 5.41 Å². The van der Waals surface area contributed by atoms with E-state index in [2.05, 4.69) is 20.3 Å². The predicted molar refractivity (Wildman–Crippen MR) is 94.4 cm³/mol. The van der Waals surface area contributed by atoms with Crippen LogP contribution in [-0.4, -0.2) is 26.3 Å². The number of nitrogens with one attached hydrogen (secondary N) is 2. The zero-order valence-corrected chi connectivity index (χ0v) is 13.8. The van der Waals surface area contributed by atoms with Gasteiger partial charge < -0.3 is 20.6 Å². The Labute approximate surface area is 148 Å². The van der Waals surface area contributed by atoms with Gasteiger partial charge in [-0.25, -0.2) is 4.39 Å². The van der Waals surface area contributed by atoms with Crippen LogP contribution in [0.2, 0.25) is 0 Å². The topological polar surface area (TPSA) is 104 Å². The molecule has 0 aliphatic carbocycles. The van der Waals surface area contributed by atoms with E-state index in [1.165, 1.54) is 24.7 Å². The average molecular weight is 353 g/mol. The van der Waals surface area contributed by atoms with Crippen LogP contribution >= 0.6 is 0 Å². The Balaban J connectivity index is 1.78. The molecule has 1 atom stereocenters. The van der Waals surface area contributed by atoms with E-state index in [-0.39, 0.29) is 29.5 Å². The van der Waals surface area contributed by atoms with Gasteiger partial charge in [-0.2, -0.15) is 9.97 Å². The van der Waals surface area contributed by atoms with Gasteiger partial charge in [-0.1, -0.05) is 18.2 Å². The summed E-state index contributed by atoms with van der Waals surface area (Å²) in [6, 6.07) is 7.52. The van der Waals surface area contributed by atoms with Gasteiger partial charge in [0.25, 0.3) is 0 Å². The summed E-state index contributed by atoms with van der Waals surface area (Å²) in [5.41, 5.74) is 0.894. The van der Waals surface area contributed by atoms with Gasteiger partial charge in [-0.15, -0.1) is 0 Å². The third kappa shape index (κ3) is 3.75. The fraction of sp³-hybridized carbons (Fsp3) is 0.111. The molecule has 0 saturated heterocycles. The van der Waals surface area contributed by atoms with Gasteiger partial charge in [0.15, 0.2) is 5.76 Å². The summed E-state index contributed by atoms with van der Waals surface area (Å²) in [5, 5.41) is 20.8. The molecule has 0 saturated carbocycles. The predicted octanol–water partition coefficient (Wildman–Crippen LogP) is 3.09. The first-order valence-electron chi connectivity index (χ1n) is 7.78. The standard InChI is InChI=1S/C18H16FN5O2/c1-11(13-4-2-3-5-15(13)19)22-9-12(8-20)26-18-23-16-10-21-7-6-14(16)17(25)24-18/h2-11,20,22H,1H3,(H,23,24,25)/b12-9+,20-8?/t11-/m0/s1. The highest BCUT2D eigenvalue weighted by molar-refractivity contribution is 5.82. The number of hydrogen-bond donors (Lipinski definition) is 3. The maximum absolute atomic E-state index is 13.8. The van der Waals surface area contributed by atoms with Crippen LogP contribution in [0.25, 0.3) is 10.9 Å². The van der Waals surface area contributed by atoms with E-state index in [0.29, 0.717) is 16.5 Å². The van der Waals surface area contributed by atoms with Gasteiger partial charge in [0, 0.05) is 18.0 Å². The largest absolute Gasteiger partial charge is 0.493 e. The smallest absolute Gasteiger partial charge is 0.326 e. The zero-order valence-electron chi connectivity index (χ0n) is 13.8. The second-order valence-corrected chi connectivity index (χ2v) is 5.43. The lowest BCUT2D eigenvalue weighted by Gasteiger charge is -2.14. The molecule has 132 valence electrons. The summed E-state index contributed by atoms with van der Waals surface area (Å²) in [5.74, 6) is -0.478. The number of nitrogens with zero attached hydrogens (tertiary/aromatic N) is 3. The number of hydrogen-bond acceptors (Lipinski definition) is 7. The van der Waals surface area contributed by atoms with Crippen molar-refractivity contribution in [2.45, 2.75) is 13.0 Å². The van der Waals surface area contributed by atoms with Gasteiger partial charge in [-0.3, -0.25) is 4.98 Å². The minimum Gasteiger partial charge on any atom is -0.493 e. The molecule has 0 radical (unpaired) electrons. The second kappa shape index (κ2) is 7.56. The molecule has 0 spiro atoms. The first kappa shape index (κ1) is 17.3. The lowest BCUT2D eigenvalue weighted by atomic mass is 10.1. The van der Waals surface area contributed by atoms with Gasteiger partial charge >= 0.3 is 6.01 Å². The number of aromatic hydroxyl groups is 1. The molecule has 2 aromatic heterocycles. The van der Waals surface area contributed by atoms with E-state index < -0.39 is 0 Å². The highest BCUT2D eigenvalue weighted by Crippen LogP contribution is 2.23. The van der Waals surface area contributed by atoms with E-state index in [0.717, 1.165) is 6.21 Å². The summed E-state index contributed by atoms with van der Waals surface area (Å²) in [7, 11) is 0. The van der Waals surface area contributed by atoms with Crippen molar-refractivity contribution >= 4 is 17.1 Å². The van der Waals surface area contributed by atoms with Crippen molar-refractivity contribution in [3.05, 3.63) is 66.1 Å². The lowest BCUT2D eigenvalue weighted by Crippen LogP contribution is -2.15. The molecule has 3 aromatic rings. The SMILES string of the molecule is C[C@H](N/C=C(\C=N)Oc1nc(O)c2ccncc2n1)c1ccccc1F. The van der Waals surface area contributed by atoms with Gasteiger partial charge in [-0.05, 0) is 19.1 Å². The Hall–Kier alpha value is -3.55. The molecule has 3 rings (SSSR count). The van der Waals surface area contributed by atoms with Crippen LogP contribution in [0, 0.1) is 11.2 Å². The maximum Gasteiger partial charge on any atom is 0.326 e. The molecule has 0 unspecified atom stereocenters. The Morgan fingerprint density at radius 3 is 2.88 bits per heavy atom. The number of pyridine rings is 1. The molecule has 3 N–H and O–H groups in total. The maximum atomic E-state index is 13.8. The molecule has 26 heavy (non-hydrogen) atoms. The molecule has 0 bridgehead atoms. The Morgan fingerprint density at radius 1 is 1.31 bits per heavy atom. The summed E-state index contributed by atoms with van der Waals surface area (Å²) >= 11 is 0. The normalized spacial score (nSPS) is 12.6. The van der Waals surface area contributed by atoms with E-state index in [4.69, 9.17) is 10.1 Å². The third-order valence-corrected chi connectivity index (χ3v) is 3.66. The molecule has 8 heteroatoms. The Morgan fingerprint density at radius 2 is 2.12 bits per heavy atom. The molecule has 1 aromatic carbocycles. The summed E-state index contributed by atoms with van der Waals surface area (Å²) in [6.45, 7) is 1.78. The van der Waals surface area contributed by atoms with E-state index in [1.807, 2.05) is 0 Å². The molecule has 2 heterocycles. The van der Waals surface area contributed by atoms with Crippen LogP contribution in [0.3, 0.4) is 0 Å². The lowest BCUT2D eigenvalue weighted by molar-refractivity contribution is 0.393. The summed E-state index contributed by atoms with van der Waals surface area (Å²) in [4.78, 5) is 11.9. The first-order valence-corrected chi connectivity index (χ1v) is 7.78. The molecule has 0 amide bonds. The number of rotatable bonds is 6. The van der Waals surface area contributed by atoms with Gasteiger partial charge in [0.2, 0.25) is 5.88 Å². The quantitative estimate of drug-likeness (QED) is 0.465. The van der Waals surface area contributed by atoms with E-state index in [1.54, 1.807) is 31.2 Å². The fourth-order valence-corrected chi connectivity index (χ4v) is 2.32. The number of benzene rings is 1. The fourth-order valence-electron chi connectivity index (χ4n) is 2.32. The zero-order chi connectivity index (χ0) is 18.5. The van der Waals surface area contributed by atoms with Crippen molar-refractivity contribution < 1.29 is 14.2 Å². The van der Waals surface area contributed by atoms with E-state index in [9.17, 15) is 9.50 Å². The summed E-state index contributed by atoms with van der Waals surface area (Å²) < 4.78 is 19.2. The molecule has 0 aliphatic rings. The van der Waals surface area contributed by atoms with Crippen molar-refractivity contribution in [2.75, 3.05) is 0 Å². The molecular weight excluding hydrogens is 337 g/mol. The van der Waals surface area contributed by atoms with Crippen LogP contribution in [0.4, 0.5) is 4.39 Å². The minimum atomic E-state index is -0.343. The van der Waals surface area contributed by atoms with Crippen LogP contribution in [0.1, 0.15) is 18.5 Å². The number of fused-ring (bicyclic) bond motifs is 1. The van der Waals surface area contributed by atoms with Crippen molar-refractivity contribution in [1.82, 2.24) is 20.3 Å².